The lowest BCUT2D eigenvalue weighted by atomic mass is 9.92. The predicted molar refractivity (Wildman–Crippen MR) is 66.7 cm³/mol. The molecule has 1 unspecified atom stereocenters. The van der Waals surface area contributed by atoms with E-state index >= 15 is 0 Å². The minimum absolute atomic E-state index is 0.125. The highest BCUT2D eigenvalue weighted by Crippen LogP contribution is 2.21. The summed E-state index contributed by atoms with van der Waals surface area (Å²) in [6.45, 7) is 6.39. The van der Waals surface area contributed by atoms with Gasteiger partial charge >= 0.3 is 0 Å². The van der Waals surface area contributed by atoms with Crippen LogP contribution in [0.15, 0.2) is 16.9 Å². The molecule has 2 heterocycles. The highest BCUT2D eigenvalue weighted by atomic mass is 16.5. The summed E-state index contributed by atoms with van der Waals surface area (Å²) >= 11 is 0. The van der Waals surface area contributed by atoms with Crippen LogP contribution in [0.5, 0.6) is 0 Å². The fraction of sp³-hybridized carbons (Fsp3) is 0.583. The number of hydrogen-bond acceptors (Lipinski definition) is 5. The van der Waals surface area contributed by atoms with E-state index in [0.717, 1.165) is 12.0 Å². The van der Waals surface area contributed by atoms with Crippen LogP contribution in [0.2, 0.25) is 0 Å². The first-order chi connectivity index (χ1) is 8.35. The molecule has 2 N–H and O–H groups in total. The van der Waals surface area contributed by atoms with E-state index in [1.54, 1.807) is 10.9 Å². The summed E-state index contributed by atoms with van der Waals surface area (Å²) in [5.41, 5.74) is 7.05. The standard InChI is InChI=1S/C12H19N5O/c1-12(2,3)5-9-15-11(18-16-9)10(13)8-6-14-17(4)7-8/h6-7,10H,5,13H2,1-4H3. The molecule has 6 heteroatoms. The van der Waals surface area contributed by atoms with E-state index < -0.39 is 6.04 Å². The lowest BCUT2D eigenvalue weighted by molar-refractivity contribution is 0.348. The second kappa shape index (κ2) is 4.53. The average Bonchev–Trinajstić information content (AvgIpc) is 2.84. The number of aromatic nitrogens is 4. The van der Waals surface area contributed by atoms with Gasteiger partial charge in [0.2, 0.25) is 5.89 Å². The van der Waals surface area contributed by atoms with E-state index in [9.17, 15) is 0 Å². The molecule has 0 fully saturated rings. The number of aryl methyl sites for hydroxylation is 1. The zero-order valence-corrected chi connectivity index (χ0v) is 11.2. The van der Waals surface area contributed by atoms with Crippen LogP contribution in [0.3, 0.4) is 0 Å². The fourth-order valence-electron chi connectivity index (χ4n) is 1.68. The van der Waals surface area contributed by atoms with Crippen LogP contribution in [0.1, 0.15) is 44.1 Å². The molecule has 0 saturated heterocycles. The van der Waals surface area contributed by atoms with Crippen molar-refractivity contribution in [2.24, 2.45) is 18.2 Å². The van der Waals surface area contributed by atoms with Gasteiger partial charge in [-0.2, -0.15) is 10.1 Å². The average molecular weight is 249 g/mol. The molecular weight excluding hydrogens is 230 g/mol. The van der Waals surface area contributed by atoms with Gasteiger partial charge in [0, 0.05) is 25.2 Å². The van der Waals surface area contributed by atoms with Crippen molar-refractivity contribution in [3.63, 3.8) is 0 Å². The summed E-state index contributed by atoms with van der Waals surface area (Å²) in [6.07, 6.45) is 4.31. The third-order valence-electron chi connectivity index (χ3n) is 2.52. The second-order valence-corrected chi connectivity index (χ2v) is 5.71. The zero-order chi connectivity index (χ0) is 13.3. The zero-order valence-electron chi connectivity index (χ0n) is 11.2. The largest absolute Gasteiger partial charge is 0.337 e. The van der Waals surface area contributed by atoms with Gasteiger partial charge in [-0.1, -0.05) is 25.9 Å². The van der Waals surface area contributed by atoms with Gasteiger partial charge in [-0.05, 0) is 5.41 Å². The molecule has 2 rings (SSSR count). The fourth-order valence-corrected chi connectivity index (χ4v) is 1.68. The minimum Gasteiger partial charge on any atom is -0.337 e. The van der Waals surface area contributed by atoms with E-state index in [4.69, 9.17) is 10.3 Å². The number of rotatable bonds is 3. The Hall–Kier alpha value is -1.69. The number of nitrogens with zero attached hydrogens (tertiary/aromatic N) is 4. The van der Waals surface area contributed by atoms with Crippen molar-refractivity contribution in [2.75, 3.05) is 0 Å². The first-order valence-corrected chi connectivity index (χ1v) is 5.92. The maximum absolute atomic E-state index is 6.06. The Kier molecular flexibility index (Phi) is 3.21. The topological polar surface area (TPSA) is 82.8 Å². The first kappa shape index (κ1) is 12.8. The maximum Gasteiger partial charge on any atom is 0.248 e. The lowest BCUT2D eigenvalue weighted by Gasteiger charge is -2.14. The Labute approximate surface area is 106 Å². The summed E-state index contributed by atoms with van der Waals surface area (Å²) in [6, 6.07) is -0.417. The molecule has 0 aliphatic rings. The summed E-state index contributed by atoms with van der Waals surface area (Å²) in [5, 5.41) is 8.04. The van der Waals surface area contributed by atoms with Crippen molar-refractivity contribution in [1.82, 2.24) is 19.9 Å². The second-order valence-electron chi connectivity index (χ2n) is 5.71. The van der Waals surface area contributed by atoms with Crippen LogP contribution < -0.4 is 5.73 Å². The highest BCUT2D eigenvalue weighted by molar-refractivity contribution is 5.16. The quantitative estimate of drug-likeness (QED) is 0.890. The smallest absolute Gasteiger partial charge is 0.248 e. The third kappa shape index (κ3) is 2.95. The molecule has 0 amide bonds. The van der Waals surface area contributed by atoms with Gasteiger partial charge < -0.3 is 10.3 Å². The Morgan fingerprint density at radius 1 is 1.44 bits per heavy atom. The van der Waals surface area contributed by atoms with Crippen LogP contribution in [-0.4, -0.2) is 19.9 Å². The molecule has 0 aliphatic heterocycles. The third-order valence-corrected chi connectivity index (χ3v) is 2.52. The van der Waals surface area contributed by atoms with Gasteiger partial charge in [-0.25, -0.2) is 0 Å². The summed E-state index contributed by atoms with van der Waals surface area (Å²) in [7, 11) is 1.84. The molecule has 18 heavy (non-hydrogen) atoms. The van der Waals surface area contributed by atoms with E-state index in [2.05, 4.69) is 36.0 Å². The summed E-state index contributed by atoms with van der Waals surface area (Å²) in [4.78, 5) is 4.34. The van der Waals surface area contributed by atoms with Crippen LogP contribution >= 0.6 is 0 Å². The normalized spacial score (nSPS) is 13.8. The Bertz CT molecular complexity index is 523. The molecule has 0 saturated carbocycles. The molecule has 0 spiro atoms. The van der Waals surface area contributed by atoms with Gasteiger partial charge in [0.25, 0.3) is 0 Å². The molecular formula is C12H19N5O. The van der Waals surface area contributed by atoms with Crippen LogP contribution in [0.25, 0.3) is 0 Å². The maximum atomic E-state index is 6.06. The van der Waals surface area contributed by atoms with Crippen molar-refractivity contribution >= 4 is 0 Å². The van der Waals surface area contributed by atoms with E-state index in [-0.39, 0.29) is 5.41 Å². The monoisotopic (exact) mass is 249 g/mol. The van der Waals surface area contributed by atoms with Crippen LogP contribution in [0, 0.1) is 5.41 Å². The van der Waals surface area contributed by atoms with Gasteiger partial charge in [0.1, 0.15) is 6.04 Å². The molecule has 6 nitrogen and oxygen atoms in total. The van der Waals surface area contributed by atoms with Crippen molar-refractivity contribution in [3.05, 3.63) is 29.7 Å². The van der Waals surface area contributed by atoms with E-state index in [1.165, 1.54) is 0 Å². The van der Waals surface area contributed by atoms with E-state index in [1.807, 2.05) is 13.2 Å². The molecule has 98 valence electrons. The van der Waals surface area contributed by atoms with Crippen LogP contribution in [0.4, 0.5) is 0 Å². The molecule has 1 atom stereocenters. The van der Waals surface area contributed by atoms with Crippen molar-refractivity contribution in [3.8, 4) is 0 Å². The minimum atomic E-state index is -0.417. The Morgan fingerprint density at radius 3 is 2.72 bits per heavy atom. The number of hydrogen-bond donors (Lipinski definition) is 1. The van der Waals surface area contributed by atoms with Crippen molar-refractivity contribution in [2.45, 2.75) is 33.2 Å². The molecule has 0 aromatic carbocycles. The Morgan fingerprint density at radius 2 is 2.17 bits per heavy atom. The molecule has 0 bridgehead atoms. The predicted octanol–water partition coefficient (Wildman–Crippen LogP) is 1.44. The molecule has 2 aromatic heterocycles. The van der Waals surface area contributed by atoms with Gasteiger partial charge in [0.05, 0.1) is 6.20 Å². The molecule has 0 radical (unpaired) electrons. The van der Waals surface area contributed by atoms with Crippen LogP contribution in [-0.2, 0) is 13.5 Å². The molecule has 0 aliphatic carbocycles. The summed E-state index contributed by atoms with van der Waals surface area (Å²) in [5.74, 6) is 1.12. The first-order valence-electron chi connectivity index (χ1n) is 5.92. The number of nitrogens with two attached hydrogens (primary N) is 1. The van der Waals surface area contributed by atoms with Gasteiger partial charge in [0.15, 0.2) is 5.82 Å². The molecule has 2 aromatic rings. The summed E-state index contributed by atoms with van der Waals surface area (Å²) < 4.78 is 6.91. The van der Waals surface area contributed by atoms with Gasteiger partial charge in [-0.3, -0.25) is 4.68 Å². The Balaban J connectivity index is 2.15. The van der Waals surface area contributed by atoms with Crippen molar-refractivity contribution < 1.29 is 4.52 Å². The van der Waals surface area contributed by atoms with E-state index in [0.29, 0.717) is 11.7 Å². The van der Waals surface area contributed by atoms with Crippen molar-refractivity contribution in [1.29, 1.82) is 0 Å². The SMILES string of the molecule is Cn1cc(C(N)c2nc(CC(C)(C)C)no2)cn1. The van der Waals surface area contributed by atoms with Gasteiger partial charge in [-0.15, -0.1) is 0 Å². The highest BCUT2D eigenvalue weighted by Gasteiger charge is 2.21. The lowest BCUT2D eigenvalue weighted by Crippen LogP contribution is -2.13.